The average molecular weight is 599 g/mol. The summed E-state index contributed by atoms with van der Waals surface area (Å²) in [4.78, 5) is 0.249. The van der Waals surface area contributed by atoms with Crippen LogP contribution < -0.4 is 21.5 Å². The van der Waals surface area contributed by atoms with E-state index in [9.17, 15) is 16.8 Å². The number of hydrogen-bond acceptors (Lipinski definition) is 8. The summed E-state index contributed by atoms with van der Waals surface area (Å²) in [5, 5.41) is 14.4. The van der Waals surface area contributed by atoms with E-state index in [-0.39, 0.29) is 20.0 Å². The third-order valence-electron chi connectivity index (χ3n) is 4.91. The fraction of sp³-hybridized carbons (Fsp3) is 0.273. The van der Waals surface area contributed by atoms with Crippen LogP contribution in [0, 0.1) is 0 Å². The summed E-state index contributed by atoms with van der Waals surface area (Å²) in [7, 11) is -1.34. The average Bonchev–Trinajstić information content (AvgIpc) is 2.85. The van der Waals surface area contributed by atoms with Crippen LogP contribution in [0.25, 0.3) is 0 Å². The molecule has 0 amide bonds. The van der Waals surface area contributed by atoms with Gasteiger partial charge in [-0.1, -0.05) is 12.1 Å². The van der Waals surface area contributed by atoms with Gasteiger partial charge in [0.25, 0.3) is 0 Å². The van der Waals surface area contributed by atoms with E-state index >= 15 is 0 Å². The smallest absolute Gasteiger partial charge is 0.242 e. The van der Waals surface area contributed by atoms with Crippen LogP contribution in [0.3, 0.4) is 0 Å². The highest BCUT2D eigenvalue weighted by atomic mass is 32.2. The van der Waals surface area contributed by atoms with Crippen molar-refractivity contribution in [3.05, 3.63) is 48.5 Å². The number of sulfonamides is 2. The molecule has 0 aliphatic heterocycles. The Morgan fingerprint density at radius 1 is 0.684 bits per heavy atom. The number of thiocarbonyl (C=S) groups is 2. The van der Waals surface area contributed by atoms with E-state index in [0.29, 0.717) is 22.8 Å². The Labute approximate surface area is 234 Å². The van der Waals surface area contributed by atoms with Crippen LogP contribution in [0.4, 0.5) is 11.4 Å². The summed E-state index contributed by atoms with van der Waals surface area (Å²) < 4.78 is 51.5. The van der Waals surface area contributed by atoms with Gasteiger partial charge in [0.1, 0.15) is 0 Å². The van der Waals surface area contributed by atoms with Crippen LogP contribution in [-0.2, 0) is 20.0 Å². The minimum Gasteiger partial charge on any atom is -0.331 e. The molecule has 0 bridgehead atoms. The zero-order valence-corrected chi connectivity index (χ0v) is 24.9. The lowest BCUT2D eigenvalue weighted by atomic mass is 10.3. The van der Waals surface area contributed by atoms with Crippen molar-refractivity contribution < 1.29 is 16.8 Å². The van der Waals surface area contributed by atoms with Gasteiger partial charge in [0.15, 0.2) is 10.2 Å². The molecule has 0 atom stereocenters. The first-order chi connectivity index (χ1) is 17.6. The molecule has 0 aliphatic carbocycles. The molecule has 16 heteroatoms. The first kappa shape index (κ1) is 31.2. The quantitative estimate of drug-likeness (QED) is 0.192. The van der Waals surface area contributed by atoms with Crippen molar-refractivity contribution in [1.82, 2.24) is 19.5 Å². The van der Waals surface area contributed by atoms with Gasteiger partial charge in [-0.25, -0.2) is 25.4 Å². The summed E-state index contributed by atoms with van der Waals surface area (Å²) in [6, 6.07) is 12.5. The Morgan fingerprint density at radius 3 is 1.34 bits per heavy atom. The zero-order valence-electron chi connectivity index (χ0n) is 21.7. The Hall–Kier alpha value is -3.02. The Bertz CT molecular complexity index is 1360. The number of rotatable bonds is 9. The van der Waals surface area contributed by atoms with Crippen LogP contribution in [0.5, 0.6) is 0 Å². The van der Waals surface area contributed by atoms with Gasteiger partial charge in [0.2, 0.25) is 20.0 Å². The molecule has 2 aromatic carbocycles. The molecule has 0 fully saturated rings. The summed E-state index contributed by atoms with van der Waals surface area (Å²) in [6.45, 7) is 3.40. The zero-order chi connectivity index (χ0) is 28.7. The monoisotopic (exact) mass is 598 g/mol. The number of nitrogens with zero attached hydrogens (tertiary/aromatic N) is 4. The number of hydrogen-bond donors (Lipinski definition) is 4. The van der Waals surface area contributed by atoms with Crippen molar-refractivity contribution in [1.29, 1.82) is 0 Å². The predicted molar refractivity (Wildman–Crippen MR) is 160 cm³/mol. The lowest BCUT2D eigenvalue weighted by Crippen LogP contribution is -2.28. The predicted octanol–water partition coefficient (Wildman–Crippen LogP) is 2.21. The molecule has 0 radical (unpaired) electrons. The molecule has 0 aliphatic rings. The standard InChI is InChI=1S/C22H30N8O4S4/c1-15(25-27-21(35)23-17-9-7-11-19(13-17)37(31,32)29(3)4)16(2)26-28-22(36)24-18-10-8-12-20(14-18)38(33,34)30(5)6/h7-14H,1-6H3,(H2,23,27,35)(H2,24,28,36)/b25-15+,26-16+. The molecule has 0 saturated carbocycles. The second-order valence-electron chi connectivity index (χ2n) is 8.16. The van der Waals surface area contributed by atoms with Crippen molar-refractivity contribution in [3.63, 3.8) is 0 Å². The van der Waals surface area contributed by atoms with E-state index < -0.39 is 20.0 Å². The molecule has 206 valence electrons. The second kappa shape index (κ2) is 13.2. The SMILES string of the molecule is CC(=N\NC(=S)Nc1cccc(S(=O)(=O)N(C)C)c1)/C(C)=N/NC(=S)Nc1cccc(S(=O)(=O)N(C)C)c1. The van der Waals surface area contributed by atoms with Crippen molar-refractivity contribution in [2.24, 2.45) is 10.2 Å². The maximum Gasteiger partial charge on any atom is 0.242 e. The van der Waals surface area contributed by atoms with E-state index in [1.165, 1.54) is 52.5 Å². The minimum atomic E-state index is -3.58. The van der Waals surface area contributed by atoms with Crippen LogP contribution in [0.15, 0.2) is 68.5 Å². The molecule has 2 rings (SSSR count). The normalized spacial score (nSPS) is 12.8. The summed E-state index contributed by atoms with van der Waals surface area (Å²) in [5.74, 6) is 0. The number of hydrazone groups is 2. The Morgan fingerprint density at radius 2 is 1.03 bits per heavy atom. The highest BCUT2D eigenvalue weighted by Crippen LogP contribution is 2.19. The van der Waals surface area contributed by atoms with Gasteiger partial charge in [-0.15, -0.1) is 0 Å². The number of anilines is 2. The van der Waals surface area contributed by atoms with E-state index in [4.69, 9.17) is 24.4 Å². The third kappa shape index (κ3) is 8.50. The van der Waals surface area contributed by atoms with E-state index in [2.05, 4.69) is 31.7 Å². The Balaban J connectivity index is 1.97. The van der Waals surface area contributed by atoms with Crippen LogP contribution in [0.1, 0.15) is 13.8 Å². The van der Waals surface area contributed by atoms with Gasteiger partial charge in [0.05, 0.1) is 21.2 Å². The molecule has 0 unspecified atom stereocenters. The summed E-state index contributed by atoms with van der Waals surface area (Å²) in [6.07, 6.45) is 0. The van der Waals surface area contributed by atoms with Crippen molar-refractivity contribution in [2.75, 3.05) is 38.8 Å². The van der Waals surface area contributed by atoms with E-state index in [1.807, 2.05) is 0 Å². The maximum absolute atomic E-state index is 12.3. The lowest BCUT2D eigenvalue weighted by molar-refractivity contribution is 0.520. The van der Waals surface area contributed by atoms with Gasteiger partial charge in [-0.3, -0.25) is 10.9 Å². The van der Waals surface area contributed by atoms with Gasteiger partial charge in [0, 0.05) is 39.6 Å². The highest BCUT2D eigenvalue weighted by molar-refractivity contribution is 7.89. The molecule has 0 saturated heterocycles. The molecule has 38 heavy (non-hydrogen) atoms. The lowest BCUT2D eigenvalue weighted by Gasteiger charge is -2.13. The fourth-order valence-electron chi connectivity index (χ4n) is 2.64. The molecule has 2 aromatic rings. The molecule has 0 heterocycles. The topological polar surface area (TPSA) is 148 Å². The van der Waals surface area contributed by atoms with Crippen molar-refractivity contribution in [3.8, 4) is 0 Å². The molecular formula is C22H30N8O4S4. The van der Waals surface area contributed by atoms with Gasteiger partial charge >= 0.3 is 0 Å². The summed E-state index contributed by atoms with van der Waals surface area (Å²) >= 11 is 10.5. The van der Waals surface area contributed by atoms with Crippen LogP contribution in [0.2, 0.25) is 0 Å². The van der Waals surface area contributed by atoms with E-state index in [0.717, 1.165) is 8.61 Å². The van der Waals surface area contributed by atoms with Gasteiger partial charge < -0.3 is 10.6 Å². The van der Waals surface area contributed by atoms with Crippen LogP contribution in [-0.4, -0.2) is 75.3 Å². The second-order valence-corrected chi connectivity index (χ2v) is 13.3. The minimum absolute atomic E-state index is 0.125. The first-order valence-corrected chi connectivity index (χ1v) is 14.6. The molecular weight excluding hydrogens is 569 g/mol. The van der Waals surface area contributed by atoms with Crippen LogP contribution >= 0.6 is 24.4 Å². The molecule has 0 spiro atoms. The molecule has 4 N–H and O–H groups in total. The highest BCUT2D eigenvalue weighted by Gasteiger charge is 2.18. The summed E-state index contributed by atoms with van der Waals surface area (Å²) in [5.41, 5.74) is 7.30. The molecule has 12 nitrogen and oxygen atoms in total. The van der Waals surface area contributed by atoms with E-state index in [1.54, 1.807) is 38.1 Å². The van der Waals surface area contributed by atoms with Gasteiger partial charge in [-0.05, 0) is 74.7 Å². The van der Waals surface area contributed by atoms with Gasteiger partial charge in [-0.2, -0.15) is 10.2 Å². The largest absolute Gasteiger partial charge is 0.331 e. The fourth-order valence-corrected chi connectivity index (χ4v) is 4.86. The van der Waals surface area contributed by atoms with Crippen molar-refractivity contribution >= 4 is 77.5 Å². The third-order valence-corrected chi connectivity index (χ3v) is 8.92. The first-order valence-electron chi connectivity index (χ1n) is 10.9. The van der Waals surface area contributed by atoms with Crippen molar-refractivity contribution in [2.45, 2.75) is 23.6 Å². The number of nitrogens with one attached hydrogen (secondary N) is 4. The maximum atomic E-state index is 12.3. The number of benzene rings is 2. The molecule has 0 aromatic heterocycles. The Kier molecular flexibility index (Phi) is 10.8.